The fourth-order valence-electron chi connectivity index (χ4n) is 8.66. The normalized spacial score (nSPS) is 14.8. The average molecular weight is 1010 g/mol. The van der Waals surface area contributed by atoms with Gasteiger partial charge in [-0.15, -0.1) is 10.2 Å². The molecule has 0 spiro atoms. The van der Waals surface area contributed by atoms with E-state index in [0.29, 0.717) is 65.4 Å². The molecule has 18 nitrogen and oxygen atoms in total. The summed E-state index contributed by atoms with van der Waals surface area (Å²) in [5, 5.41) is 21.9. The molecule has 1 aromatic heterocycles. The first kappa shape index (κ1) is 50.4. The van der Waals surface area contributed by atoms with E-state index in [2.05, 4.69) is 10.3 Å². The zero-order valence-electron chi connectivity index (χ0n) is 40.4. The van der Waals surface area contributed by atoms with Gasteiger partial charge in [-0.25, -0.2) is 26.4 Å². The Morgan fingerprint density at radius 3 is 1.72 bits per heavy atom. The van der Waals surface area contributed by atoms with Crippen molar-refractivity contribution in [1.29, 1.82) is 0 Å². The lowest BCUT2D eigenvalue weighted by Crippen LogP contribution is -2.57. The number of sulfone groups is 1. The number of tetrazole rings is 1. The van der Waals surface area contributed by atoms with Crippen LogP contribution in [0, 0.1) is 0 Å². The molecule has 20 heteroatoms. The number of sulfonamides is 1. The van der Waals surface area contributed by atoms with Gasteiger partial charge in [0.2, 0.25) is 15.8 Å². The Morgan fingerprint density at radius 2 is 1.23 bits per heavy atom. The van der Waals surface area contributed by atoms with Gasteiger partial charge in [-0.05, 0) is 121 Å². The summed E-state index contributed by atoms with van der Waals surface area (Å²) in [5.41, 5.74) is 2.86. The topological polar surface area (TPSA) is 213 Å². The van der Waals surface area contributed by atoms with E-state index < -0.39 is 52.7 Å². The third-order valence-electron chi connectivity index (χ3n) is 12.6. The molecule has 0 unspecified atom stereocenters. The first-order valence-corrected chi connectivity index (χ1v) is 26.0. The number of hydrogen-bond donors (Lipinski definition) is 1. The van der Waals surface area contributed by atoms with Gasteiger partial charge < -0.3 is 33.9 Å². The second-order valence-corrected chi connectivity index (χ2v) is 22.6. The van der Waals surface area contributed by atoms with Gasteiger partial charge in [-0.3, -0.25) is 0 Å². The van der Waals surface area contributed by atoms with Crippen molar-refractivity contribution < 1.29 is 50.5 Å². The maximum absolute atomic E-state index is 16.2. The van der Waals surface area contributed by atoms with E-state index in [-0.39, 0.29) is 50.0 Å². The quantitative estimate of drug-likeness (QED) is 0.0984. The third kappa shape index (κ3) is 11.3. The van der Waals surface area contributed by atoms with Crippen molar-refractivity contribution in [2.45, 2.75) is 79.8 Å². The molecule has 3 heterocycles. The molecule has 2 aliphatic rings. The number of rotatable bonds is 16. The molecule has 0 atom stereocenters. The molecule has 0 aliphatic carbocycles. The van der Waals surface area contributed by atoms with Crippen LogP contribution < -0.4 is 14.2 Å². The Hall–Kier alpha value is -7.03. The smallest absolute Gasteiger partial charge is 0.410 e. The monoisotopic (exact) mass is 1010 g/mol. The number of carbonyl (C=O) groups is 2. The lowest BCUT2D eigenvalue weighted by Gasteiger charge is -2.39. The van der Waals surface area contributed by atoms with Crippen LogP contribution in [0.1, 0.15) is 61.8 Å². The molecule has 5 aromatic carbocycles. The number of carbonyl (C=O) groups excluding carboxylic acids is 1. The highest BCUT2D eigenvalue weighted by Gasteiger charge is 2.46. The summed E-state index contributed by atoms with van der Waals surface area (Å²) in [7, 11) is -4.86. The largest absolute Gasteiger partial charge is 0.497 e. The zero-order chi connectivity index (χ0) is 50.7. The summed E-state index contributed by atoms with van der Waals surface area (Å²) < 4.78 is 85.7. The number of aromatic nitrogens is 4. The van der Waals surface area contributed by atoms with Gasteiger partial charge in [0.05, 0.1) is 38.3 Å². The summed E-state index contributed by atoms with van der Waals surface area (Å²) in [6.07, 6.45) is -0.400. The fraction of sp³-hybridized carbons (Fsp3) is 0.353. The lowest BCUT2D eigenvalue weighted by atomic mass is 9.88. The summed E-state index contributed by atoms with van der Waals surface area (Å²) in [4.78, 5) is 27.7. The molecule has 2 fully saturated rings. The van der Waals surface area contributed by atoms with Gasteiger partial charge in [-0.2, -0.15) is 9.10 Å². The van der Waals surface area contributed by atoms with Crippen LogP contribution in [0.25, 0.3) is 22.5 Å². The Labute approximate surface area is 413 Å². The molecule has 374 valence electrons. The molecule has 6 aromatic rings. The third-order valence-corrected chi connectivity index (χ3v) is 16.8. The Morgan fingerprint density at radius 1 is 0.704 bits per heavy atom. The van der Waals surface area contributed by atoms with Crippen molar-refractivity contribution in [3.63, 3.8) is 0 Å². The summed E-state index contributed by atoms with van der Waals surface area (Å²) >= 11 is 0. The van der Waals surface area contributed by atoms with Gasteiger partial charge in [0.15, 0.2) is 9.84 Å². The minimum atomic E-state index is -4.92. The van der Waals surface area contributed by atoms with E-state index in [9.17, 15) is 14.7 Å². The van der Waals surface area contributed by atoms with E-state index >= 15 is 16.8 Å². The standard InChI is InChI=1S/C51H57N7O11S2/c1-51(2,3)69-50(61)56-32-43(33-56)70(62,63)45-24-23-44(39-15-13-37(14-16-39)38-25-27-55(28-26-38)49(59)60)46(48-52-54-58(53-48)31-36-11-21-42(68-6)22-12-36)47(45)71(64,65)57(29-34-7-17-40(66-4)18-8-34)30-35-9-19-41(67-5)20-10-35/h7-24,38,43H,25-33H2,1-6H3,(H,59,60). The first-order chi connectivity index (χ1) is 33.9. The van der Waals surface area contributed by atoms with Gasteiger partial charge in [0.1, 0.15) is 33.0 Å². The maximum atomic E-state index is 16.2. The molecule has 0 radical (unpaired) electrons. The average Bonchev–Trinajstić information content (AvgIpc) is 3.81. The Kier molecular flexibility index (Phi) is 14.7. The predicted molar refractivity (Wildman–Crippen MR) is 264 cm³/mol. The van der Waals surface area contributed by atoms with E-state index in [0.717, 1.165) is 11.1 Å². The fourth-order valence-corrected chi connectivity index (χ4v) is 12.7. The number of hydrogen-bond acceptors (Lipinski definition) is 13. The van der Waals surface area contributed by atoms with Crippen LogP contribution in [0.3, 0.4) is 0 Å². The molecular weight excluding hydrogens is 951 g/mol. The van der Waals surface area contributed by atoms with E-state index in [1.165, 1.54) is 39.2 Å². The van der Waals surface area contributed by atoms with Crippen molar-refractivity contribution in [3.8, 4) is 39.8 Å². The van der Waals surface area contributed by atoms with Gasteiger partial charge >= 0.3 is 12.2 Å². The summed E-state index contributed by atoms with van der Waals surface area (Å²) in [6.45, 7) is 5.19. The molecule has 0 saturated carbocycles. The molecule has 2 amide bonds. The number of nitrogens with zero attached hydrogens (tertiary/aromatic N) is 7. The molecule has 8 rings (SSSR count). The molecule has 2 saturated heterocycles. The second-order valence-electron chi connectivity index (χ2n) is 18.5. The minimum absolute atomic E-state index is 0.0780. The number of methoxy groups -OCH3 is 3. The maximum Gasteiger partial charge on any atom is 0.410 e. The second kappa shape index (κ2) is 20.7. The van der Waals surface area contributed by atoms with Gasteiger partial charge in [-0.1, -0.05) is 66.7 Å². The molecule has 71 heavy (non-hydrogen) atoms. The van der Waals surface area contributed by atoms with Crippen LogP contribution in [0.2, 0.25) is 0 Å². The van der Waals surface area contributed by atoms with Crippen molar-refractivity contribution in [2.75, 3.05) is 47.5 Å². The van der Waals surface area contributed by atoms with Gasteiger partial charge in [0.25, 0.3) is 0 Å². The highest BCUT2D eigenvalue weighted by Crippen LogP contribution is 2.44. The van der Waals surface area contributed by atoms with Crippen LogP contribution in [-0.2, 0) is 44.2 Å². The van der Waals surface area contributed by atoms with Crippen LogP contribution in [0.5, 0.6) is 17.2 Å². The van der Waals surface area contributed by atoms with Crippen molar-refractivity contribution in [2.24, 2.45) is 0 Å². The number of amides is 2. The van der Waals surface area contributed by atoms with Crippen molar-refractivity contribution in [3.05, 3.63) is 131 Å². The van der Waals surface area contributed by atoms with E-state index in [1.54, 1.807) is 94.6 Å². The molecular formula is C51H57N7O11S2. The molecule has 1 N–H and O–H groups in total. The van der Waals surface area contributed by atoms with Crippen molar-refractivity contribution >= 4 is 32.0 Å². The Bertz CT molecular complexity index is 3030. The van der Waals surface area contributed by atoms with Crippen LogP contribution >= 0.6 is 0 Å². The number of likely N-dealkylation sites (tertiary alicyclic amines) is 2. The number of ether oxygens (including phenoxy) is 4. The minimum Gasteiger partial charge on any atom is -0.497 e. The number of piperidine rings is 1. The highest BCUT2D eigenvalue weighted by atomic mass is 32.2. The van der Waals surface area contributed by atoms with E-state index in [1.807, 2.05) is 36.4 Å². The Balaban J connectivity index is 1.32. The predicted octanol–water partition coefficient (Wildman–Crippen LogP) is 7.72. The zero-order valence-corrected chi connectivity index (χ0v) is 42.0. The molecule has 2 aliphatic heterocycles. The number of benzene rings is 5. The SMILES string of the molecule is COc1ccc(CN(Cc2ccc(OC)cc2)S(=O)(=O)c2c(S(=O)(=O)C3CN(C(=O)OC(C)(C)C)C3)ccc(-c3ccc(C4CCN(C(=O)O)CC4)cc3)c2-c2nnn(Cc3ccc(OC)cc3)n2)cc1. The summed E-state index contributed by atoms with van der Waals surface area (Å²) in [5.74, 6) is 1.69. The number of carboxylic acid groups (broad SMARTS) is 1. The highest BCUT2D eigenvalue weighted by molar-refractivity contribution is 7.94. The lowest BCUT2D eigenvalue weighted by molar-refractivity contribution is 0.0138. The van der Waals surface area contributed by atoms with Crippen LogP contribution in [-0.4, -0.2) is 127 Å². The first-order valence-electron chi connectivity index (χ1n) is 23.0. The summed E-state index contributed by atoms with van der Waals surface area (Å²) in [6, 6.07) is 31.4. The van der Waals surface area contributed by atoms with E-state index in [4.69, 9.17) is 24.0 Å². The van der Waals surface area contributed by atoms with Crippen LogP contribution in [0.15, 0.2) is 119 Å². The van der Waals surface area contributed by atoms with Crippen LogP contribution in [0.4, 0.5) is 9.59 Å². The van der Waals surface area contributed by atoms with Crippen molar-refractivity contribution in [1.82, 2.24) is 34.3 Å². The van der Waals surface area contributed by atoms with Gasteiger partial charge in [0, 0.05) is 39.3 Å². The molecule has 0 bridgehead atoms.